The first-order valence-corrected chi connectivity index (χ1v) is 28.2. The first-order valence-electron chi connectivity index (χ1n) is 28.2. The Bertz CT molecular complexity index is 5170. The maximum Gasteiger partial charge on any atom is 0.417 e. The predicted molar refractivity (Wildman–Crippen MR) is 313 cm³/mol. The maximum absolute atomic E-state index is 14.9. The fraction of sp³-hybridized carbons (Fsp3) is 0.143. The molecule has 2 aliphatic carbocycles. The zero-order valence-corrected chi connectivity index (χ0v) is 48.4. The van der Waals surface area contributed by atoms with E-state index < -0.39 is 134 Å². The Morgan fingerprint density at radius 1 is 0.367 bits per heavy atom. The van der Waals surface area contributed by atoms with Gasteiger partial charge < -0.3 is 9.13 Å². The molecule has 0 spiro atoms. The van der Waals surface area contributed by atoms with Crippen molar-refractivity contribution in [3.63, 3.8) is 0 Å². The second-order valence-electron chi connectivity index (χ2n) is 22.6. The second kappa shape index (κ2) is 23.0. The van der Waals surface area contributed by atoms with E-state index in [0.717, 1.165) is 60.7 Å². The van der Waals surface area contributed by atoms with Crippen LogP contribution in [-0.2, 0) is 24.7 Å². The minimum absolute atomic E-state index is 0.0515. The summed E-state index contributed by atoms with van der Waals surface area (Å²) in [6.07, 6.45) is -42.3. The molecule has 10 aromatic rings. The molecule has 0 bridgehead atoms. The summed E-state index contributed by atoms with van der Waals surface area (Å²) in [6, 6.07) is 26.2. The molecular weight excluding hydrogens is 1350 g/mol. The number of nitriles is 2. The van der Waals surface area contributed by atoms with E-state index in [4.69, 9.17) is 0 Å². The normalized spacial score (nSPS) is 16.6. The summed E-state index contributed by atoms with van der Waals surface area (Å²) in [6.45, 7) is 0. The summed E-state index contributed by atoms with van der Waals surface area (Å²) < 4.78 is 348. The largest absolute Gasteiger partial charge is 0.417 e. The Hall–Kier alpha value is -10.6. The van der Waals surface area contributed by atoms with Gasteiger partial charge in [0.15, 0.2) is 0 Å². The third-order valence-corrected chi connectivity index (χ3v) is 16.8. The minimum atomic E-state index is -5.45. The van der Waals surface area contributed by atoms with E-state index in [9.17, 15) is 116 Å². The number of halogens is 24. The molecule has 0 radical (unpaired) electrons. The van der Waals surface area contributed by atoms with Gasteiger partial charge in [-0.05, 0) is 147 Å². The number of hydrogen-bond acceptors (Lipinski definition) is 2. The van der Waals surface area contributed by atoms with Crippen LogP contribution in [0.3, 0.4) is 0 Å². The third-order valence-electron chi connectivity index (χ3n) is 16.8. The lowest BCUT2D eigenvalue weighted by molar-refractivity contribution is -0.148. The van der Waals surface area contributed by atoms with Crippen molar-refractivity contribution in [2.45, 2.75) is 55.8 Å². The number of nitrogens with zero attached hydrogens (tertiary/aromatic N) is 4. The Kier molecular flexibility index (Phi) is 15.8. The van der Waals surface area contributed by atoms with Crippen LogP contribution in [0.1, 0.15) is 39.8 Å². The number of alkyl halides is 24. The van der Waals surface area contributed by atoms with E-state index in [1.54, 1.807) is 0 Å². The minimum Gasteiger partial charge on any atom is -0.309 e. The molecule has 500 valence electrons. The fourth-order valence-electron chi connectivity index (χ4n) is 12.4. The van der Waals surface area contributed by atoms with E-state index in [1.807, 2.05) is 12.1 Å². The molecule has 0 fully saturated rings. The van der Waals surface area contributed by atoms with Gasteiger partial charge in [-0.25, -0.2) is 0 Å². The van der Waals surface area contributed by atoms with Crippen molar-refractivity contribution in [2.24, 2.45) is 5.92 Å². The molecule has 8 aromatic carbocycles. The molecule has 4 nitrogen and oxygen atoms in total. The summed E-state index contributed by atoms with van der Waals surface area (Å²) in [7, 11) is 0. The molecule has 0 saturated heterocycles. The monoisotopic (exact) mass is 1380 g/mol. The molecule has 0 saturated carbocycles. The lowest BCUT2D eigenvalue weighted by Gasteiger charge is -2.24. The van der Waals surface area contributed by atoms with Gasteiger partial charge in [-0.15, -0.1) is 0 Å². The highest BCUT2D eigenvalue weighted by Gasteiger charge is 2.46. The molecular formula is C70H32F24N4. The van der Waals surface area contributed by atoms with Gasteiger partial charge in [0, 0.05) is 44.0 Å². The zero-order chi connectivity index (χ0) is 71.1. The highest BCUT2D eigenvalue weighted by molar-refractivity contribution is 6.12. The van der Waals surface area contributed by atoms with Crippen molar-refractivity contribution in [3.8, 4) is 56.9 Å². The van der Waals surface area contributed by atoms with Gasteiger partial charge in [0.05, 0.1) is 90.2 Å². The smallest absolute Gasteiger partial charge is 0.309 e. The van der Waals surface area contributed by atoms with E-state index in [0.29, 0.717) is 42.5 Å². The number of rotatable bonds is 5. The summed E-state index contributed by atoms with van der Waals surface area (Å²) >= 11 is 0. The first-order chi connectivity index (χ1) is 45.5. The van der Waals surface area contributed by atoms with Gasteiger partial charge in [-0.3, -0.25) is 0 Å². The third kappa shape index (κ3) is 12.2. The van der Waals surface area contributed by atoms with Crippen LogP contribution in [-0.4, -0.2) is 33.8 Å². The Morgan fingerprint density at radius 3 is 1.18 bits per heavy atom. The molecule has 0 amide bonds. The molecule has 2 aromatic heterocycles. The van der Waals surface area contributed by atoms with Crippen LogP contribution in [0, 0.1) is 28.6 Å². The van der Waals surface area contributed by atoms with Crippen molar-refractivity contribution < 1.29 is 105 Å². The lowest BCUT2D eigenvalue weighted by Crippen LogP contribution is -2.29. The number of allylic oxidation sites excluding steroid dienone is 8. The SMILES string of the molecule is N#Cc1ccc(-n2c3cc(-c4ccc(C(F)(F)F)cc4C(F)(F)F)ccc3c3ccc(-c4ccc(C(F)(F)F)cc4C(F)(F)F)cc32)cc1-c1cc(-n2c3cc(=C4CC=C(C(F)(F)F)C=C4C(F)(F)F)ccc3c3ccc(=C4C=CC(C(F)(F)F)=CC4C(F)(F)F)cc32)ccc1C#N. The molecule has 0 N–H and O–H groups in total. The van der Waals surface area contributed by atoms with Crippen LogP contribution in [0.4, 0.5) is 105 Å². The molecule has 0 aliphatic heterocycles. The maximum atomic E-state index is 14.9. The molecule has 28 heteroatoms. The Morgan fingerprint density at radius 2 is 0.786 bits per heavy atom. The van der Waals surface area contributed by atoms with Crippen LogP contribution in [0.25, 0.3) is 99.5 Å². The fourth-order valence-corrected chi connectivity index (χ4v) is 12.4. The van der Waals surface area contributed by atoms with Crippen molar-refractivity contribution in [3.05, 3.63) is 237 Å². The number of fused-ring (bicyclic) bond motifs is 6. The number of hydrogen-bond donors (Lipinski definition) is 0. The van der Waals surface area contributed by atoms with Crippen LogP contribution in [0.15, 0.2) is 193 Å². The van der Waals surface area contributed by atoms with Crippen LogP contribution in [0.2, 0.25) is 0 Å². The van der Waals surface area contributed by atoms with Gasteiger partial charge in [0.1, 0.15) is 0 Å². The van der Waals surface area contributed by atoms with E-state index >= 15 is 0 Å². The van der Waals surface area contributed by atoms with Crippen LogP contribution < -0.4 is 10.4 Å². The highest BCUT2D eigenvalue weighted by Crippen LogP contribution is 2.49. The highest BCUT2D eigenvalue weighted by atomic mass is 19.4. The van der Waals surface area contributed by atoms with Crippen molar-refractivity contribution in [1.82, 2.24) is 9.13 Å². The molecule has 12 rings (SSSR count). The zero-order valence-electron chi connectivity index (χ0n) is 48.4. The van der Waals surface area contributed by atoms with E-state index in [1.165, 1.54) is 57.7 Å². The summed E-state index contributed by atoms with van der Waals surface area (Å²) in [5, 5.41) is 21.2. The van der Waals surface area contributed by atoms with Gasteiger partial charge in [-0.2, -0.15) is 116 Å². The van der Waals surface area contributed by atoms with E-state index in [-0.39, 0.29) is 112 Å². The molecule has 1 atom stereocenters. The topological polar surface area (TPSA) is 57.4 Å². The summed E-state index contributed by atoms with van der Waals surface area (Å²) in [5.74, 6) is -2.90. The standard InChI is InChI=1S/C70H32F24N4/c71-63(72,73)39-7-17-45(55(25-39)67(83,84)85)33-3-13-49-50-14-4-34(46-18-8-40(64(74,75)76)26-56(46)68(86,87)88)22-60(50)97(59(49)21-33)43-11-1-37(31-95)53(29-43)54-30-44(12-2-38(54)32-96)98-61-23-35(47-19-9-41(65(77,78)79)27-57(47)69(89,90)91)5-15-51(61)52-16-6-36(24-62(52)98)48-20-10-42(66(80,81)82)28-58(48)70(92,93)94/h1-19,21-30,57H,20H2. The summed E-state index contributed by atoms with van der Waals surface area (Å²) in [5.41, 5.74) is -17.7. The van der Waals surface area contributed by atoms with Gasteiger partial charge in [0.2, 0.25) is 0 Å². The average molecular weight is 1390 g/mol. The van der Waals surface area contributed by atoms with Crippen molar-refractivity contribution >= 4 is 54.8 Å². The lowest BCUT2D eigenvalue weighted by atomic mass is 9.88. The Labute approximate surface area is 533 Å². The Balaban J connectivity index is 1.14. The van der Waals surface area contributed by atoms with Gasteiger partial charge in [-0.1, -0.05) is 78.9 Å². The van der Waals surface area contributed by atoms with Crippen molar-refractivity contribution in [1.29, 1.82) is 10.5 Å². The van der Waals surface area contributed by atoms with Crippen molar-refractivity contribution in [2.75, 3.05) is 0 Å². The molecule has 2 aliphatic rings. The van der Waals surface area contributed by atoms with Gasteiger partial charge >= 0.3 is 49.4 Å². The quantitative estimate of drug-likeness (QED) is 0.161. The second-order valence-corrected chi connectivity index (χ2v) is 22.6. The summed E-state index contributed by atoms with van der Waals surface area (Å²) in [4.78, 5) is 0. The van der Waals surface area contributed by atoms with Crippen LogP contribution >= 0.6 is 0 Å². The predicted octanol–water partition coefficient (Wildman–Crippen LogP) is 21.6. The number of benzene rings is 8. The van der Waals surface area contributed by atoms with Gasteiger partial charge in [0.25, 0.3) is 0 Å². The van der Waals surface area contributed by atoms with E-state index in [2.05, 4.69) is 0 Å². The van der Waals surface area contributed by atoms with Crippen LogP contribution in [0.5, 0.6) is 0 Å². The number of aromatic nitrogens is 2. The first kappa shape index (κ1) is 67.3. The molecule has 2 heterocycles. The average Bonchev–Trinajstić information content (AvgIpc) is 1.57. The molecule has 1 unspecified atom stereocenters. The molecule has 98 heavy (non-hydrogen) atoms.